The second kappa shape index (κ2) is 5.20. The lowest BCUT2D eigenvalue weighted by Crippen LogP contribution is -2.24. The van der Waals surface area contributed by atoms with Gasteiger partial charge in [-0.25, -0.2) is 0 Å². The first-order chi connectivity index (χ1) is 8.24. The minimum atomic E-state index is 0.116. The Balaban J connectivity index is 2.20. The molecule has 1 aromatic carbocycles. The van der Waals surface area contributed by atoms with E-state index in [1.54, 1.807) is 4.90 Å². The molecule has 1 aromatic rings. The number of hydrogen-bond acceptors (Lipinski definition) is 2. The maximum Gasteiger partial charge on any atom is 0.227 e. The average Bonchev–Trinajstić information content (AvgIpc) is 2.71. The fraction of sp³-hybridized carbons (Fsp3) is 0.385. The highest BCUT2D eigenvalue weighted by molar-refractivity contribution is 6.18. The number of alkyl halides is 1. The normalized spacial score (nSPS) is 19.4. The fourth-order valence-electron chi connectivity index (χ4n) is 2.06. The maximum atomic E-state index is 11.8. The van der Waals surface area contributed by atoms with Crippen molar-refractivity contribution in [2.75, 3.05) is 17.3 Å². The monoisotopic (exact) mass is 248 g/mol. The maximum absolute atomic E-state index is 11.8. The number of benzene rings is 1. The Hall–Kier alpha value is -1.53. The minimum absolute atomic E-state index is 0.116. The van der Waals surface area contributed by atoms with Gasteiger partial charge < -0.3 is 4.90 Å². The highest BCUT2D eigenvalue weighted by atomic mass is 35.5. The highest BCUT2D eigenvalue weighted by Gasteiger charge is 2.29. The summed E-state index contributed by atoms with van der Waals surface area (Å²) in [6.07, 6.45) is 0.890. The molecule has 1 fully saturated rings. The predicted molar refractivity (Wildman–Crippen MR) is 66.9 cm³/mol. The van der Waals surface area contributed by atoms with Crippen LogP contribution in [-0.2, 0) is 11.2 Å². The molecule has 88 valence electrons. The molecule has 1 aliphatic heterocycles. The van der Waals surface area contributed by atoms with Gasteiger partial charge in [0.15, 0.2) is 0 Å². The minimum Gasteiger partial charge on any atom is -0.312 e. The van der Waals surface area contributed by atoms with Gasteiger partial charge in [-0.3, -0.25) is 4.79 Å². The van der Waals surface area contributed by atoms with Crippen LogP contribution in [0.15, 0.2) is 24.3 Å². The first-order valence-corrected chi connectivity index (χ1v) is 6.10. The number of carbonyl (C=O) groups is 1. The van der Waals surface area contributed by atoms with E-state index in [1.807, 2.05) is 24.3 Å². The van der Waals surface area contributed by atoms with E-state index in [0.717, 1.165) is 11.3 Å². The third-order valence-corrected chi connectivity index (χ3v) is 3.37. The van der Waals surface area contributed by atoms with Crippen molar-refractivity contribution in [1.82, 2.24) is 0 Å². The van der Waals surface area contributed by atoms with Crippen LogP contribution >= 0.6 is 11.6 Å². The third kappa shape index (κ3) is 2.59. The van der Waals surface area contributed by atoms with E-state index in [2.05, 4.69) is 6.07 Å². The molecule has 1 unspecified atom stereocenters. The summed E-state index contributed by atoms with van der Waals surface area (Å²) in [6, 6.07) is 9.68. The molecule has 0 aliphatic carbocycles. The van der Waals surface area contributed by atoms with Crippen LogP contribution in [0.2, 0.25) is 0 Å². The van der Waals surface area contributed by atoms with E-state index in [9.17, 15) is 4.79 Å². The van der Waals surface area contributed by atoms with Crippen LogP contribution in [-0.4, -0.2) is 18.3 Å². The van der Waals surface area contributed by atoms with E-state index in [4.69, 9.17) is 16.9 Å². The second-order valence-corrected chi connectivity index (χ2v) is 4.54. The number of nitrogens with zero attached hydrogens (tertiary/aromatic N) is 2. The van der Waals surface area contributed by atoms with E-state index in [1.165, 1.54) is 0 Å². The number of anilines is 1. The first-order valence-electron chi connectivity index (χ1n) is 5.57. The molecule has 2 rings (SSSR count). The van der Waals surface area contributed by atoms with Gasteiger partial charge in [-0.2, -0.15) is 5.26 Å². The van der Waals surface area contributed by atoms with Crippen molar-refractivity contribution in [3.63, 3.8) is 0 Å². The molecule has 0 bridgehead atoms. The molecule has 1 saturated heterocycles. The van der Waals surface area contributed by atoms with E-state index < -0.39 is 0 Å². The number of carbonyl (C=O) groups excluding carboxylic acids is 1. The Morgan fingerprint density at radius 2 is 2.35 bits per heavy atom. The van der Waals surface area contributed by atoms with Crippen LogP contribution in [0, 0.1) is 17.2 Å². The van der Waals surface area contributed by atoms with Crippen molar-refractivity contribution in [2.24, 2.45) is 5.92 Å². The van der Waals surface area contributed by atoms with Crippen molar-refractivity contribution in [2.45, 2.75) is 12.8 Å². The van der Waals surface area contributed by atoms with Gasteiger partial charge in [0.05, 0.1) is 12.5 Å². The Kier molecular flexibility index (Phi) is 3.65. The molecule has 0 radical (unpaired) electrons. The Morgan fingerprint density at radius 3 is 3.00 bits per heavy atom. The number of nitriles is 1. The van der Waals surface area contributed by atoms with Gasteiger partial charge in [0.25, 0.3) is 0 Å². The summed E-state index contributed by atoms with van der Waals surface area (Å²) in [4.78, 5) is 13.6. The molecule has 0 N–H and O–H groups in total. The molecule has 1 amide bonds. The Bertz CT molecular complexity index is 467. The van der Waals surface area contributed by atoms with E-state index in [0.29, 0.717) is 25.3 Å². The van der Waals surface area contributed by atoms with Crippen molar-refractivity contribution in [3.05, 3.63) is 29.8 Å². The topological polar surface area (TPSA) is 44.1 Å². The number of hydrogen-bond donors (Lipinski definition) is 0. The summed E-state index contributed by atoms with van der Waals surface area (Å²) < 4.78 is 0. The predicted octanol–water partition coefficient (Wildman–Crippen LogP) is 2.34. The quantitative estimate of drug-likeness (QED) is 0.771. The molecular weight excluding hydrogens is 236 g/mol. The van der Waals surface area contributed by atoms with E-state index in [-0.39, 0.29) is 11.8 Å². The number of rotatable bonds is 3. The molecule has 0 saturated carbocycles. The smallest absolute Gasteiger partial charge is 0.227 e. The SMILES string of the molecule is N#CCc1cccc(N2CC(CCl)CC2=O)c1. The standard InChI is InChI=1S/C13H13ClN2O/c14-8-11-7-13(17)16(9-11)12-3-1-2-10(6-12)4-5-15/h1-3,6,11H,4,7-9H2. The molecule has 0 aromatic heterocycles. The van der Waals surface area contributed by atoms with Gasteiger partial charge in [0, 0.05) is 24.5 Å². The van der Waals surface area contributed by atoms with Gasteiger partial charge >= 0.3 is 0 Å². The first kappa shape index (κ1) is 11.9. The zero-order chi connectivity index (χ0) is 12.3. The van der Waals surface area contributed by atoms with Gasteiger partial charge in [-0.15, -0.1) is 11.6 Å². The molecular formula is C13H13ClN2O. The lowest BCUT2D eigenvalue weighted by Gasteiger charge is -2.17. The summed E-state index contributed by atoms with van der Waals surface area (Å²) in [5, 5.41) is 8.66. The molecule has 1 heterocycles. The molecule has 4 heteroatoms. The second-order valence-electron chi connectivity index (χ2n) is 4.23. The largest absolute Gasteiger partial charge is 0.312 e. The van der Waals surface area contributed by atoms with Crippen LogP contribution in [0.5, 0.6) is 0 Å². The Labute approximate surface area is 106 Å². The van der Waals surface area contributed by atoms with Crippen LogP contribution < -0.4 is 4.90 Å². The van der Waals surface area contributed by atoms with Gasteiger partial charge in [0.2, 0.25) is 5.91 Å². The fourth-order valence-corrected chi connectivity index (χ4v) is 2.27. The molecule has 1 atom stereocenters. The Morgan fingerprint density at radius 1 is 1.53 bits per heavy atom. The summed E-state index contributed by atoms with van der Waals surface area (Å²) in [5.74, 6) is 0.869. The highest BCUT2D eigenvalue weighted by Crippen LogP contribution is 2.26. The van der Waals surface area contributed by atoms with E-state index >= 15 is 0 Å². The molecule has 17 heavy (non-hydrogen) atoms. The lowest BCUT2D eigenvalue weighted by atomic mass is 10.1. The zero-order valence-electron chi connectivity index (χ0n) is 9.40. The van der Waals surface area contributed by atoms with Gasteiger partial charge in [-0.05, 0) is 23.6 Å². The summed E-state index contributed by atoms with van der Waals surface area (Å²) in [7, 11) is 0. The summed E-state index contributed by atoms with van der Waals surface area (Å²) >= 11 is 5.78. The van der Waals surface area contributed by atoms with Gasteiger partial charge in [0.1, 0.15) is 0 Å². The molecule has 3 nitrogen and oxygen atoms in total. The molecule has 1 aliphatic rings. The zero-order valence-corrected chi connectivity index (χ0v) is 10.2. The summed E-state index contributed by atoms with van der Waals surface area (Å²) in [6.45, 7) is 0.679. The third-order valence-electron chi connectivity index (χ3n) is 2.93. The van der Waals surface area contributed by atoms with Gasteiger partial charge in [-0.1, -0.05) is 12.1 Å². The number of halogens is 1. The van der Waals surface area contributed by atoms with Crippen LogP contribution in [0.3, 0.4) is 0 Å². The van der Waals surface area contributed by atoms with Crippen molar-refractivity contribution >= 4 is 23.2 Å². The lowest BCUT2D eigenvalue weighted by molar-refractivity contribution is -0.117. The number of amides is 1. The van der Waals surface area contributed by atoms with Crippen LogP contribution in [0.4, 0.5) is 5.69 Å². The van der Waals surface area contributed by atoms with Crippen molar-refractivity contribution in [1.29, 1.82) is 5.26 Å². The van der Waals surface area contributed by atoms with Crippen molar-refractivity contribution < 1.29 is 4.79 Å². The van der Waals surface area contributed by atoms with Crippen LogP contribution in [0.25, 0.3) is 0 Å². The average molecular weight is 249 g/mol. The summed E-state index contributed by atoms with van der Waals surface area (Å²) in [5.41, 5.74) is 1.81. The molecule has 0 spiro atoms. The van der Waals surface area contributed by atoms with Crippen LogP contribution in [0.1, 0.15) is 12.0 Å². The van der Waals surface area contributed by atoms with Crippen molar-refractivity contribution in [3.8, 4) is 6.07 Å².